The first-order valence-electron chi connectivity index (χ1n) is 7.94. The van der Waals surface area contributed by atoms with Gasteiger partial charge in [-0.2, -0.15) is 0 Å². The number of cyclic esters (lactones) is 1. The highest BCUT2D eigenvalue weighted by Crippen LogP contribution is 2.40. The largest absolute Gasteiger partial charge is 0.495 e. The van der Waals surface area contributed by atoms with E-state index in [2.05, 4.69) is 4.98 Å². The highest BCUT2D eigenvalue weighted by Gasteiger charge is 2.38. The van der Waals surface area contributed by atoms with Crippen molar-refractivity contribution in [3.63, 3.8) is 0 Å². The Labute approximate surface area is 139 Å². The number of hydrogen-bond donors (Lipinski definition) is 2. The van der Waals surface area contributed by atoms with Gasteiger partial charge < -0.3 is 19.6 Å². The molecule has 1 aliphatic rings. The maximum absolute atomic E-state index is 12.5. The number of aliphatic hydroxyl groups is 1. The molecule has 3 aromatic rings. The second kappa shape index (κ2) is 4.98. The van der Waals surface area contributed by atoms with E-state index in [1.165, 1.54) is 0 Å². The molecular weight excluding hydrogens is 306 g/mol. The summed E-state index contributed by atoms with van der Waals surface area (Å²) in [5.74, 6) is 0.187. The number of H-pyrrole nitrogens is 1. The number of nitrogens with one attached hydrogen (secondary N) is 1. The van der Waals surface area contributed by atoms with Crippen LogP contribution in [0, 0.1) is 0 Å². The summed E-state index contributed by atoms with van der Waals surface area (Å²) in [6.07, 6.45) is -0.116. The molecule has 1 aromatic heterocycles. The zero-order chi connectivity index (χ0) is 17.1. The highest BCUT2D eigenvalue weighted by atomic mass is 16.6. The Hall–Kier alpha value is -2.53. The summed E-state index contributed by atoms with van der Waals surface area (Å²) in [5.41, 5.74) is 2.14. The number of benzene rings is 2. The predicted molar refractivity (Wildman–Crippen MR) is 91.6 cm³/mol. The molecule has 0 saturated carbocycles. The van der Waals surface area contributed by atoms with Crippen molar-refractivity contribution in [1.29, 1.82) is 0 Å². The van der Waals surface area contributed by atoms with E-state index in [9.17, 15) is 9.90 Å². The van der Waals surface area contributed by atoms with Crippen molar-refractivity contribution in [1.82, 2.24) is 4.98 Å². The van der Waals surface area contributed by atoms with Crippen LogP contribution in [0.4, 0.5) is 0 Å². The molecule has 1 atom stereocenters. The minimum Gasteiger partial charge on any atom is -0.495 e. The first kappa shape index (κ1) is 15.0. The van der Waals surface area contributed by atoms with Gasteiger partial charge in [-0.1, -0.05) is 18.2 Å². The van der Waals surface area contributed by atoms with Gasteiger partial charge in [-0.15, -0.1) is 0 Å². The number of esters is 1. The number of aromatic amines is 1. The molecule has 124 valence electrons. The second-order valence-electron chi connectivity index (χ2n) is 6.78. The predicted octanol–water partition coefficient (Wildman–Crippen LogP) is 3.18. The molecule has 0 aliphatic carbocycles. The van der Waals surface area contributed by atoms with Gasteiger partial charge in [0.05, 0.1) is 23.8 Å². The van der Waals surface area contributed by atoms with Crippen molar-refractivity contribution in [3.8, 4) is 5.75 Å². The van der Waals surface area contributed by atoms with Crippen molar-refractivity contribution in [2.75, 3.05) is 7.11 Å². The van der Waals surface area contributed by atoms with E-state index in [0.717, 1.165) is 27.4 Å². The normalized spacial score (nSPS) is 17.8. The molecule has 0 fully saturated rings. The Bertz CT molecular complexity index is 965. The number of carbonyl (C=O) groups excluding carboxylic acids is 1. The minimum absolute atomic E-state index is 0.422. The van der Waals surface area contributed by atoms with Gasteiger partial charge in [0, 0.05) is 22.7 Å². The Balaban J connectivity index is 2.08. The number of hydrogen-bond acceptors (Lipinski definition) is 4. The van der Waals surface area contributed by atoms with Crippen molar-refractivity contribution < 1.29 is 19.4 Å². The molecule has 2 heterocycles. The number of methoxy groups -OCH3 is 1. The molecule has 0 unspecified atom stereocenters. The van der Waals surface area contributed by atoms with Crippen molar-refractivity contribution >= 4 is 27.8 Å². The van der Waals surface area contributed by atoms with Crippen molar-refractivity contribution in [2.45, 2.75) is 32.0 Å². The van der Waals surface area contributed by atoms with Crippen LogP contribution >= 0.6 is 0 Å². The fourth-order valence-corrected chi connectivity index (χ4v) is 3.43. The van der Waals surface area contributed by atoms with E-state index in [1.807, 2.05) is 24.3 Å². The first-order valence-corrected chi connectivity index (χ1v) is 7.94. The van der Waals surface area contributed by atoms with Crippen LogP contribution in [0.5, 0.6) is 5.75 Å². The number of aromatic nitrogens is 1. The van der Waals surface area contributed by atoms with E-state index in [0.29, 0.717) is 17.7 Å². The number of para-hydroxylation sites is 1. The van der Waals surface area contributed by atoms with Gasteiger partial charge in [0.2, 0.25) is 0 Å². The molecule has 1 aliphatic heterocycles. The summed E-state index contributed by atoms with van der Waals surface area (Å²) in [5, 5.41) is 12.3. The number of ether oxygens (including phenoxy) is 2. The average molecular weight is 325 g/mol. The molecule has 24 heavy (non-hydrogen) atoms. The maximum atomic E-state index is 12.5. The molecule has 0 radical (unpaired) electrons. The van der Waals surface area contributed by atoms with Crippen LogP contribution in [-0.4, -0.2) is 34.9 Å². The monoisotopic (exact) mass is 325 g/mol. The fraction of sp³-hybridized carbons (Fsp3) is 0.316. The summed E-state index contributed by atoms with van der Waals surface area (Å²) in [6, 6.07) is 9.67. The zero-order valence-electron chi connectivity index (χ0n) is 13.8. The average Bonchev–Trinajstić information content (AvgIpc) is 2.93. The van der Waals surface area contributed by atoms with Crippen LogP contribution in [0.2, 0.25) is 0 Å². The molecule has 2 aromatic carbocycles. The molecule has 4 rings (SSSR count). The molecular formula is C19H19NO4. The van der Waals surface area contributed by atoms with E-state index in [1.54, 1.807) is 27.0 Å². The van der Waals surface area contributed by atoms with E-state index >= 15 is 0 Å². The topological polar surface area (TPSA) is 71.6 Å². The molecule has 0 amide bonds. The molecule has 0 saturated heterocycles. The lowest BCUT2D eigenvalue weighted by molar-refractivity contribution is -0.0673. The Morgan fingerprint density at radius 2 is 2.08 bits per heavy atom. The Morgan fingerprint density at radius 1 is 1.33 bits per heavy atom. The lowest BCUT2D eigenvalue weighted by atomic mass is 9.87. The maximum Gasteiger partial charge on any atom is 0.338 e. The molecule has 2 N–H and O–H groups in total. The Morgan fingerprint density at radius 3 is 2.79 bits per heavy atom. The SMILES string of the molecule is COc1cc2c(c3c1[nH]c1ccccc13)C[C@H](C(C)(C)O)OC2=O. The summed E-state index contributed by atoms with van der Waals surface area (Å²) in [7, 11) is 1.58. The highest BCUT2D eigenvalue weighted by molar-refractivity contribution is 6.14. The van der Waals surface area contributed by atoms with Crippen LogP contribution in [0.1, 0.15) is 29.8 Å². The third-order valence-electron chi connectivity index (χ3n) is 4.72. The number of rotatable bonds is 2. The standard InChI is InChI=1S/C19H19NO4/c1-19(2,22)15-9-11-12(18(21)24-15)8-14(23-3)17-16(11)10-6-4-5-7-13(10)20-17/h4-8,15,20,22H,9H2,1-3H3/t15-/m1/s1. The third kappa shape index (κ3) is 2.08. The number of carbonyl (C=O) groups is 1. The second-order valence-corrected chi connectivity index (χ2v) is 6.78. The van der Waals surface area contributed by atoms with Crippen LogP contribution < -0.4 is 4.74 Å². The van der Waals surface area contributed by atoms with Crippen LogP contribution in [0.15, 0.2) is 30.3 Å². The van der Waals surface area contributed by atoms with Crippen LogP contribution in [-0.2, 0) is 11.2 Å². The molecule has 5 nitrogen and oxygen atoms in total. The summed E-state index contributed by atoms with van der Waals surface area (Å²) >= 11 is 0. The van der Waals surface area contributed by atoms with Crippen molar-refractivity contribution in [3.05, 3.63) is 41.5 Å². The van der Waals surface area contributed by atoms with Crippen molar-refractivity contribution in [2.24, 2.45) is 0 Å². The van der Waals surface area contributed by atoms with Gasteiger partial charge in [0.25, 0.3) is 0 Å². The van der Waals surface area contributed by atoms with E-state index in [4.69, 9.17) is 9.47 Å². The van der Waals surface area contributed by atoms with Gasteiger partial charge in [-0.05, 0) is 31.5 Å². The van der Waals surface area contributed by atoms with E-state index < -0.39 is 17.7 Å². The molecule has 0 bridgehead atoms. The zero-order valence-corrected chi connectivity index (χ0v) is 13.8. The Kier molecular flexibility index (Phi) is 3.12. The van der Waals surface area contributed by atoms with Crippen LogP contribution in [0.3, 0.4) is 0 Å². The van der Waals surface area contributed by atoms with Crippen LogP contribution in [0.25, 0.3) is 21.8 Å². The first-order chi connectivity index (χ1) is 11.4. The molecule has 0 spiro atoms. The minimum atomic E-state index is -1.11. The lowest BCUT2D eigenvalue weighted by Crippen LogP contribution is -2.44. The van der Waals surface area contributed by atoms with E-state index in [-0.39, 0.29) is 0 Å². The summed E-state index contributed by atoms with van der Waals surface area (Å²) in [4.78, 5) is 15.9. The smallest absolute Gasteiger partial charge is 0.338 e. The van der Waals surface area contributed by atoms with Gasteiger partial charge in [0.15, 0.2) is 0 Å². The van der Waals surface area contributed by atoms with Gasteiger partial charge in [0.1, 0.15) is 11.9 Å². The fourth-order valence-electron chi connectivity index (χ4n) is 3.43. The van der Waals surface area contributed by atoms with Gasteiger partial charge in [-0.25, -0.2) is 4.79 Å². The van der Waals surface area contributed by atoms with Gasteiger partial charge >= 0.3 is 5.97 Å². The van der Waals surface area contributed by atoms with Gasteiger partial charge in [-0.3, -0.25) is 0 Å². The molecule has 5 heteroatoms. The summed E-state index contributed by atoms with van der Waals surface area (Å²) < 4.78 is 10.9. The summed E-state index contributed by atoms with van der Waals surface area (Å²) in [6.45, 7) is 3.32. The lowest BCUT2D eigenvalue weighted by Gasteiger charge is -2.33. The quantitative estimate of drug-likeness (QED) is 0.710. The number of fused-ring (bicyclic) bond motifs is 5. The third-order valence-corrected chi connectivity index (χ3v) is 4.72.